The summed E-state index contributed by atoms with van der Waals surface area (Å²) in [6, 6.07) is 19.7. The van der Waals surface area contributed by atoms with Gasteiger partial charge in [0, 0.05) is 18.5 Å². The van der Waals surface area contributed by atoms with Crippen molar-refractivity contribution in [2.45, 2.75) is 12.8 Å². The van der Waals surface area contributed by atoms with Crippen LogP contribution in [0.1, 0.15) is 17.5 Å². The molecule has 0 spiro atoms. The van der Waals surface area contributed by atoms with Crippen molar-refractivity contribution in [1.82, 2.24) is 9.71 Å². The van der Waals surface area contributed by atoms with Gasteiger partial charge in [-0.15, -0.1) is 0 Å². The highest BCUT2D eigenvalue weighted by Crippen LogP contribution is 2.26. The van der Waals surface area contributed by atoms with Crippen LogP contribution in [0.2, 0.25) is 0 Å². The Balaban J connectivity index is 1.36. The summed E-state index contributed by atoms with van der Waals surface area (Å²) in [5.41, 5.74) is 3.09. The third kappa shape index (κ3) is 4.02. The smallest absolute Gasteiger partial charge is 0.236 e. The monoisotopic (exact) mass is 379 g/mol. The van der Waals surface area contributed by atoms with Gasteiger partial charge in [0.25, 0.3) is 0 Å². The van der Waals surface area contributed by atoms with E-state index in [1.807, 2.05) is 60.7 Å². The van der Waals surface area contributed by atoms with E-state index in [0.717, 1.165) is 28.7 Å². The lowest BCUT2D eigenvalue weighted by Gasteiger charge is -2.17. The standard InChI is InChI=1S/C21H21N3O2S/c25-27(26,19-11-9-16-5-1-2-7-18(16)15-19)23-14-13-22-21-12-10-17-6-3-4-8-20(17)24-21/h1-8,10,12,15,23H,9,11,13-14H2,(H,22,24). The molecular weight excluding hydrogens is 358 g/mol. The van der Waals surface area contributed by atoms with E-state index in [2.05, 4.69) is 15.0 Å². The third-order valence-corrected chi connectivity index (χ3v) is 6.28. The molecule has 0 radical (unpaired) electrons. The van der Waals surface area contributed by atoms with Crippen LogP contribution in [0.3, 0.4) is 0 Å². The number of benzene rings is 2. The van der Waals surface area contributed by atoms with E-state index in [1.54, 1.807) is 6.08 Å². The summed E-state index contributed by atoms with van der Waals surface area (Å²) in [6.45, 7) is 0.768. The Morgan fingerprint density at radius 2 is 1.70 bits per heavy atom. The van der Waals surface area contributed by atoms with Crippen LogP contribution in [0.4, 0.5) is 5.82 Å². The number of pyridine rings is 1. The van der Waals surface area contributed by atoms with Crippen LogP contribution in [-0.2, 0) is 16.4 Å². The molecular formula is C21H21N3O2S. The Morgan fingerprint density at radius 3 is 2.63 bits per heavy atom. The van der Waals surface area contributed by atoms with E-state index >= 15 is 0 Å². The second-order valence-corrected chi connectivity index (χ2v) is 8.34. The number of hydrogen-bond donors (Lipinski definition) is 2. The van der Waals surface area contributed by atoms with Crippen LogP contribution in [0, 0.1) is 0 Å². The van der Waals surface area contributed by atoms with E-state index in [4.69, 9.17) is 0 Å². The molecule has 0 aliphatic heterocycles. The van der Waals surface area contributed by atoms with Gasteiger partial charge < -0.3 is 5.32 Å². The number of aromatic nitrogens is 1. The molecule has 138 valence electrons. The largest absolute Gasteiger partial charge is 0.369 e. The highest BCUT2D eigenvalue weighted by molar-refractivity contribution is 7.93. The van der Waals surface area contributed by atoms with Gasteiger partial charge in [0.2, 0.25) is 10.0 Å². The van der Waals surface area contributed by atoms with Crippen molar-refractivity contribution in [2.24, 2.45) is 0 Å². The molecule has 4 rings (SSSR count). The summed E-state index contributed by atoms with van der Waals surface area (Å²) in [6.07, 6.45) is 3.06. The summed E-state index contributed by atoms with van der Waals surface area (Å²) in [4.78, 5) is 4.97. The molecule has 2 N–H and O–H groups in total. The predicted molar refractivity (Wildman–Crippen MR) is 110 cm³/mol. The summed E-state index contributed by atoms with van der Waals surface area (Å²) in [7, 11) is -3.46. The lowest BCUT2D eigenvalue weighted by Crippen LogP contribution is -2.30. The van der Waals surface area contributed by atoms with Crippen LogP contribution in [-0.4, -0.2) is 26.5 Å². The average molecular weight is 379 g/mol. The summed E-state index contributed by atoms with van der Waals surface area (Å²) in [5, 5.41) is 4.25. The van der Waals surface area contributed by atoms with Gasteiger partial charge in [-0.05, 0) is 48.2 Å². The number of rotatable bonds is 6. The minimum Gasteiger partial charge on any atom is -0.369 e. The van der Waals surface area contributed by atoms with Gasteiger partial charge in [0.1, 0.15) is 5.82 Å². The van der Waals surface area contributed by atoms with E-state index in [-0.39, 0.29) is 0 Å². The first-order chi connectivity index (χ1) is 13.1. The molecule has 6 heteroatoms. The first-order valence-electron chi connectivity index (χ1n) is 9.00. The molecule has 0 amide bonds. The van der Waals surface area contributed by atoms with Gasteiger partial charge in [0.05, 0.1) is 10.4 Å². The van der Waals surface area contributed by atoms with Gasteiger partial charge in [0.15, 0.2) is 0 Å². The zero-order chi connectivity index (χ0) is 18.7. The van der Waals surface area contributed by atoms with Crippen molar-refractivity contribution in [2.75, 3.05) is 18.4 Å². The van der Waals surface area contributed by atoms with Gasteiger partial charge in [-0.2, -0.15) is 0 Å². The first-order valence-corrected chi connectivity index (χ1v) is 10.5. The van der Waals surface area contributed by atoms with Gasteiger partial charge in [-0.3, -0.25) is 0 Å². The van der Waals surface area contributed by atoms with E-state index in [0.29, 0.717) is 24.4 Å². The Labute approximate surface area is 159 Å². The number of nitrogens with zero attached hydrogens (tertiary/aromatic N) is 1. The van der Waals surface area contributed by atoms with E-state index in [1.165, 1.54) is 5.56 Å². The molecule has 1 aliphatic rings. The van der Waals surface area contributed by atoms with Crippen molar-refractivity contribution in [3.8, 4) is 0 Å². The molecule has 3 aromatic rings. The number of fused-ring (bicyclic) bond motifs is 2. The average Bonchev–Trinajstić information content (AvgIpc) is 2.71. The number of allylic oxidation sites excluding steroid dienone is 1. The lowest BCUT2D eigenvalue weighted by atomic mass is 9.98. The van der Waals surface area contributed by atoms with E-state index in [9.17, 15) is 8.42 Å². The zero-order valence-corrected chi connectivity index (χ0v) is 15.7. The number of nitrogens with one attached hydrogen (secondary N) is 2. The fraction of sp³-hybridized carbons (Fsp3) is 0.190. The maximum absolute atomic E-state index is 12.6. The normalized spacial score (nSPS) is 13.9. The topological polar surface area (TPSA) is 71.1 Å². The van der Waals surface area contributed by atoms with E-state index < -0.39 is 10.0 Å². The van der Waals surface area contributed by atoms with Crippen molar-refractivity contribution in [3.05, 3.63) is 76.7 Å². The molecule has 1 aromatic heterocycles. The third-order valence-electron chi connectivity index (χ3n) is 4.68. The molecule has 0 unspecified atom stereocenters. The Hall–Kier alpha value is -2.70. The molecule has 2 aromatic carbocycles. The highest BCUT2D eigenvalue weighted by Gasteiger charge is 2.20. The lowest BCUT2D eigenvalue weighted by molar-refractivity contribution is 0.587. The zero-order valence-electron chi connectivity index (χ0n) is 14.9. The quantitative estimate of drug-likeness (QED) is 0.643. The second-order valence-electron chi connectivity index (χ2n) is 6.52. The maximum Gasteiger partial charge on any atom is 0.236 e. The number of anilines is 1. The molecule has 1 aliphatic carbocycles. The predicted octanol–water partition coefficient (Wildman–Crippen LogP) is 3.55. The van der Waals surface area contributed by atoms with Gasteiger partial charge >= 0.3 is 0 Å². The summed E-state index contributed by atoms with van der Waals surface area (Å²) < 4.78 is 27.8. The Bertz CT molecular complexity index is 1110. The number of para-hydroxylation sites is 1. The second kappa shape index (κ2) is 7.50. The van der Waals surface area contributed by atoms with Crippen molar-refractivity contribution < 1.29 is 8.42 Å². The Kier molecular flexibility index (Phi) is 4.92. The summed E-state index contributed by atoms with van der Waals surface area (Å²) in [5.74, 6) is 0.735. The van der Waals surface area contributed by atoms with Crippen molar-refractivity contribution in [1.29, 1.82) is 0 Å². The van der Waals surface area contributed by atoms with Gasteiger partial charge in [-0.25, -0.2) is 18.1 Å². The molecule has 27 heavy (non-hydrogen) atoms. The Morgan fingerprint density at radius 1 is 0.889 bits per heavy atom. The molecule has 1 heterocycles. The van der Waals surface area contributed by atoms with Crippen molar-refractivity contribution >= 4 is 32.8 Å². The fourth-order valence-electron chi connectivity index (χ4n) is 3.25. The van der Waals surface area contributed by atoms with Crippen LogP contribution in [0.25, 0.3) is 17.0 Å². The number of aryl methyl sites for hydroxylation is 1. The first kappa shape index (κ1) is 17.7. The number of sulfonamides is 1. The van der Waals surface area contributed by atoms with Crippen LogP contribution < -0.4 is 10.0 Å². The molecule has 0 atom stereocenters. The molecule has 0 bridgehead atoms. The molecule has 0 fully saturated rings. The van der Waals surface area contributed by atoms with Crippen LogP contribution >= 0.6 is 0 Å². The van der Waals surface area contributed by atoms with Crippen LogP contribution in [0.15, 0.2) is 65.6 Å². The highest BCUT2D eigenvalue weighted by atomic mass is 32.2. The fourth-order valence-corrected chi connectivity index (χ4v) is 4.46. The number of hydrogen-bond acceptors (Lipinski definition) is 4. The SMILES string of the molecule is O=S(=O)(NCCNc1ccc2ccccc2n1)C1=Cc2ccccc2CC1. The minimum atomic E-state index is -3.46. The molecule has 0 saturated heterocycles. The minimum absolute atomic E-state index is 0.301. The molecule has 5 nitrogen and oxygen atoms in total. The van der Waals surface area contributed by atoms with Crippen LogP contribution in [0.5, 0.6) is 0 Å². The van der Waals surface area contributed by atoms with Gasteiger partial charge in [-0.1, -0.05) is 42.5 Å². The molecule has 0 saturated carbocycles. The summed E-state index contributed by atoms with van der Waals surface area (Å²) >= 11 is 0. The maximum atomic E-state index is 12.6. The van der Waals surface area contributed by atoms with Crippen molar-refractivity contribution in [3.63, 3.8) is 0 Å².